The highest BCUT2D eigenvalue weighted by Crippen LogP contribution is 2.27. The molecule has 0 radical (unpaired) electrons. The van der Waals surface area contributed by atoms with E-state index >= 15 is 0 Å². The summed E-state index contributed by atoms with van der Waals surface area (Å²) < 4.78 is 1.63. The zero-order chi connectivity index (χ0) is 17.6. The number of rotatable bonds is 2. The van der Waals surface area contributed by atoms with Crippen molar-refractivity contribution in [1.29, 1.82) is 0 Å². The van der Waals surface area contributed by atoms with Crippen LogP contribution < -0.4 is 5.32 Å². The molecule has 0 aliphatic heterocycles. The van der Waals surface area contributed by atoms with Crippen molar-refractivity contribution in [3.05, 3.63) is 76.2 Å². The van der Waals surface area contributed by atoms with Gasteiger partial charge in [-0.05, 0) is 24.4 Å². The van der Waals surface area contributed by atoms with Crippen molar-refractivity contribution in [3.8, 4) is 0 Å². The van der Waals surface area contributed by atoms with Gasteiger partial charge in [-0.2, -0.15) is 0 Å². The van der Waals surface area contributed by atoms with Gasteiger partial charge in [-0.3, -0.25) is 9.20 Å². The highest BCUT2D eigenvalue weighted by Gasteiger charge is 2.19. The smallest absolute Gasteiger partial charge is 0.274 e. The predicted molar refractivity (Wildman–Crippen MR) is 102 cm³/mol. The van der Waals surface area contributed by atoms with Gasteiger partial charge in [0.05, 0.1) is 15.7 Å². The standard InChI is InChI=1S/C19H13Cl2N3O/c1-11-17(24-10-13(20)9-15(21)18(24)22-11)19(25)23-16-8-4-6-12-5-2-3-7-14(12)16/h2-10H,1H3,(H,23,25). The Balaban J connectivity index is 1.82. The molecule has 1 amide bonds. The molecular weight excluding hydrogens is 357 g/mol. The number of halogens is 2. The van der Waals surface area contributed by atoms with Gasteiger partial charge in [-0.25, -0.2) is 4.98 Å². The van der Waals surface area contributed by atoms with Gasteiger partial charge >= 0.3 is 0 Å². The van der Waals surface area contributed by atoms with Gasteiger partial charge in [0.1, 0.15) is 5.69 Å². The van der Waals surface area contributed by atoms with E-state index in [1.165, 1.54) is 0 Å². The second-order valence-electron chi connectivity index (χ2n) is 5.73. The second kappa shape index (κ2) is 6.06. The zero-order valence-electron chi connectivity index (χ0n) is 13.3. The van der Waals surface area contributed by atoms with Crippen molar-refractivity contribution < 1.29 is 4.79 Å². The Hall–Kier alpha value is -2.56. The number of hydrogen-bond acceptors (Lipinski definition) is 2. The molecule has 0 aliphatic carbocycles. The average molecular weight is 370 g/mol. The number of imidazole rings is 1. The molecule has 0 bridgehead atoms. The minimum Gasteiger partial charge on any atom is -0.320 e. The predicted octanol–water partition coefficient (Wildman–Crippen LogP) is 5.36. The van der Waals surface area contributed by atoms with Gasteiger partial charge in [0.15, 0.2) is 5.65 Å². The van der Waals surface area contributed by atoms with Crippen LogP contribution in [0.1, 0.15) is 16.2 Å². The van der Waals surface area contributed by atoms with E-state index < -0.39 is 0 Å². The first kappa shape index (κ1) is 15.9. The van der Waals surface area contributed by atoms with E-state index in [2.05, 4.69) is 10.3 Å². The summed E-state index contributed by atoms with van der Waals surface area (Å²) in [5.74, 6) is -0.264. The quantitative estimate of drug-likeness (QED) is 0.517. The summed E-state index contributed by atoms with van der Waals surface area (Å²) in [7, 11) is 0. The molecule has 2 aromatic carbocycles. The summed E-state index contributed by atoms with van der Waals surface area (Å²) in [6.07, 6.45) is 1.64. The van der Waals surface area contributed by atoms with Gasteiger partial charge in [0.25, 0.3) is 5.91 Å². The molecule has 0 saturated heterocycles. The molecule has 4 rings (SSSR count). The maximum Gasteiger partial charge on any atom is 0.274 e. The number of fused-ring (bicyclic) bond motifs is 2. The van der Waals surface area contributed by atoms with Crippen LogP contribution in [0.25, 0.3) is 16.4 Å². The van der Waals surface area contributed by atoms with Crippen LogP contribution in [0, 0.1) is 6.92 Å². The van der Waals surface area contributed by atoms with Crippen LogP contribution in [0.5, 0.6) is 0 Å². The van der Waals surface area contributed by atoms with Crippen molar-refractivity contribution in [1.82, 2.24) is 9.38 Å². The molecule has 0 unspecified atom stereocenters. The first-order chi connectivity index (χ1) is 12.0. The number of hydrogen-bond donors (Lipinski definition) is 1. The molecule has 25 heavy (non-hydrogen) atoms. The van der Waals surface area contributed by atoms with Gasteiger partial charge in [-0.1, -0.05) is 59.6 Å². The number of aryl methyl sites for hydroxylation is 1. The molecule has 0 atom stereocenters. The molecule has 1 N–H and O–H groups in total. The van der Waals surface area contributed by atoms with Crippen molar-refractivity contribution in [2.75, 3.05) is 5.32 Å². The Kier molecular flexibility index (Phi) is 3.86. The first-order valence-electron chi connectivity index (χ1n) is 7.67. The van der Waals surface area contributed by atoms with E-state index in [9.17, 15) is 4.79 Å². The van der Waals surface area contributed by atoms with E-state index in [-0.39, 0.29) is 5.91 Å². The lowest BCUT2D eigenvalue weighted by atomic mass is 10.1. The van der Waals surface area contributed by atoms with E-state index in [1.54, 1.807) is 23.6 Å². The summed E-state index contributed by atoms with van der Waals surface area (Å²) >= 11 is 12.3. The Morgan fingerprint density at radius 1 is 1.12 bits per heavy atom. The number of pyridine rings is 1. The van der Waals surface area contributed by atoms with Gasteiger partial charge in [0, 0.05) is 17.3 Å². The van der Waals surface area contributed by atoms with Crippen LogP contribution in [0.15, 0.2) is 54.7 Å². The average Bonchev–Trinajstić information content (AvgIpc) is 2.91. The fraction of sp³-hybridized carbons (Fsp3) is 0.0526. The number of nitrogens with one attached hydrogen (secondary N) is 1. The van der Waals surface area contributed by atoms with E-state index in [0.717, 1.165) is 16.5 Å². The number of anilines is 1. The number of benzene rings is 2. The molecule has 6 heteroatoms. The maximum atomic E-state index is 12.9. The zero-order valence-corrected chi connectivity index (χ0v) is 14.8. The number of nitrogens with zero attached hydrogens (tertiary/aromatic N) is 2. The van der Waals surface area contributed by atoms with Crippen molar-refractivity contribution in [3.63, 3.8) is 0 Å². The molecule has 0 fully saturated rings. The lowest BCUT2D eigenvalue weighted by Gasteiger charge is -2.09. The van der Waals surface area contributed by atoms with Crippen LogP contribution in [-0.2, 0) is 0 Å². The lowest BCUT2D eigenvalue weighted by molar-refractivity contribution is 0.102. The number of amides is 1. The van der Waals surface area contributed by atoms with Crippen molar-refractivity contribution in [2.45, 2.75) is 6.92 Å². The van der Waals surface area contributed by atoms with E-state index in [4.69, 9.17) is 23.2 Å². The van der Waals surface area contributed by atoms with E-state index in [0.29, 0.717) is 27.1 Å². The monoisotopic (exact) mass is 369 g/mol. The molecule has 0 saturated carbocycles. The number of carbonyl (C=O) groups is 1. The summed E-state index contributed by atoms with van der Waals surface area (Å²) in [5.41, 5.74) is 2.24. The molecule has 2 heterocycles. The summed E-state index contributed by atoms with van der Waals surface area (Å²) in [4.78, 5) is 17.3. The largest absolute Gasteiger partial charge is 0.320 e. The minimum atomic E-state index is -0.264. The molecule has 2 aromatic heterocycles. The lowest BCUT2D eigenvalue weighted by Crippen LogP contribution is -2.15. The highest BCUT2D eigenvalue weighted by molar-refractivity contribution is 6.36. The van der Waals surface area contributed by atoms with Crippen molar-refractivity contribution >= 4 is 51.2 Å². The van der Waals surface area contributed by atoms with Crippen molar-refractivity contribution in [2.24, 2.45) is 0 Å². The Labute approximate surface area is 154 Å². The topological polar surface area (TPSA) is 46.4 Å². The third kappa shape index (κ3) is 2.73. The molecule has 0 spiro atoms. The molecular formula is C19H13Cl2N3O. The highest BCUT2D eigenvalue weighted by atomic mass is 35.5. The third-order valence-electron chi connectivity index (χ3n) is 4.07. The van der Waals surface area contributed by atoms with Crippen LogP contribution in [0.4, 0.5) is 5.69 Å². The molecule has 0 aliphatic rings. The summed E-state index contributed by atoms with van der Waals surface area (Å²) in [6, 6.07) is 15.3. The van der Waals surface area contributed by atoms with Gasteiger partial charge < -0.3 is 5.32 Å². The summed E-state index contributed by atoms with van der Waals surface area (Å²) in [6.45, 7) is 1.77. The Bertz CT molecular complexity index is 1130. The second-order valence-corrected chi connectivity index (χ2v) is 6.57. The van der Waals surface area contributed by atoms with E-state index in [1.807, 2.05) is 42.5 Å². The van der Waals surface area contributed by atoms with Crippen LogP contribution in [-0.4, -0.2) is 15.3 Å². The summed E-state index contributed by atoms with van der Waals surface area (Å²) in [5, 5.41) is 5.84. The minimum absolute atomic E-state index is 0.264. The Morgan fingerprint density at radius 2 is 1.88 bits per heavy atom. The first-order valence-corrected chi connectivity index (χ1v) is 8.43. The van der Waals surface area contributed by atoms with Crippen LogP contribution in [0.3, 0.4) is 0 Å². The molecule has 124 valence electrons. The normalized spacial score (nSPS) is 11.2. The molecule has 4 nitrogen and oxygen atoms in total. The Morgan fingerprint density at radius 3 is 2.72 bits per heavy atom. The molecule has 4 aromatic rings. The van der Waals surface area contributed by atoms with Crippen LogP contribution >= 0.6 is 23.2 Å². The fourth-order valence-electron chi connectivity index (χ4n) is 2.98. The third-order valence-corrected chi connectivity index (χ3v) is 4.55. The number of aromatic nitrogens is 2. The number of carbonyl (C=O) groups excluding carboxylic acids is 1. The fourth-order valence-corrected chi connectivity index (χ4v) is 3.49. The SMILES string of the molecule is Cc1nc2c(Cl)cc(Cl)cn2c1C(=O)Nc1cccc2ccccc12. The van der Waals surface area contributed by atoms with Crippen LogP contribution in [0.2, 0.25) is 10.0 Å². The maximum absolute atomic E-state index is 12.9. The van der Waals surface area contributed by atoms with Gasteiger partial charge in [-0.15, -0.1) is 0 Å². The van der Waals surface area contributed by atoms with Gasteiger partial charge in [0.2, 0.25) is 0 Å².